The van der Waals surface area contributed by atoms with Crippen molar-refractivity contribution in [2.24, 2.45) is 0 Å². The summed E-state index contributed by atoms with van der Waals surface area (Å²) in [7, 11) is 0. The van der Waals surface area contributed by atoms with E-state index in [4.69, 9.17) is 5.10 Å². The Labute approximate surface area is 173 Å². The first-order valence-electron chi connectivity index (χ1n) is 9.44. The van der Waals surface area contributed by atoms with Gasteiger partial charge in [0.05, 0.1) is 16.9 Å². The van der Waals surface area contributed by atoms with Gasteiger partial charge in [-0.05, 0) is 49.4 Å². The van der Waals surface area contributed by atoms with Crippen LogP contribution in [0.25, 0.3) is 23.0 Å². The van der Waals surface area contributed by atoms with Gasteiger partial charge >= 0.3 is 0 Å². The van der Waals surface area contributed by atoms with E-state index in [0.717, 1.165) is 34.5 Å². The predicted octanol–water partition coefficient (Wildman–Crippen LogP) is 5.59. The number of carbonyl (C=O) groups is 1. The van der Waals surface area contributed by atoms with E-state index in [1.165, 1.54) is 12.1 Å². The van der Waals surface area contributed by atoms with Gasteiger partial charge in [-0.25, -0.2) is 9.07 Å². The fraction of sp³-hybridized carbons (Fsp3) is 0.0400. The number of hydrogen-bond acceptors (Lipinski definition) is 3. The number of rotatable bonds is 5. The van der Waals surface area contributed by atoms with E-state index in [1.807, 2.05) is 67.7 Å². The number of carbonyl (C=O) groups excluding carboxylic acids is 1. The zero-order valence-corrected chi connectivity index (χ0v) is 16.3. The van der Waals surface area contributed by atoms with E-state index in [9.17, 15) is 14.3 Å². The summed E-state index contributed by atoms with van der Waals surface area (Å²) < 4.78 is 15.2. The minimum Gasteiger partial charge on any atom is -0.507 e. The van der Waals surface area contributed by atoms with Gasteiger partial charge in [0.15, 0.2) is 5.78 Å². The lowest BCUT2D eigenvalue weighted by Gasteiger charge is -2.01. The van der Waals surface area contributed by atoms with Crippen LogP contribution in [0.1, 0.15) is 21.5 Å². The quantitative estimate of drug-likeness (QED) is 0.352. The smallest absolute Gasteiger partial charge is 0.189 e. The Morgan fingerprint density at radius 2 is 1.77 bits per heavy atom. The molecule has 30 heavy (non-hydrogen) atoms. The second-order valence-corrected chi connectivity index (χ2v) is 6.94. The molecule has 0 radical (unpaired) electrons. The first-order chi connectivity index (χ1) is 14.5. The van der Waals surface area contributed by atoms with Gasteiger partial charge < -0.3 is 5.11 Å². The third kappa shape index (κ3) is 4.05. The van der Waals surface area contributed by atoms with Crippen molar-refractivity contribution >= 4 is 11.9 Å². The summed E-state index contributed by atoms with van der Waals surface area (Å²) in [4.78, 5) is 12.5. The van der Waals surface area contributed by atoms with Crippen molar-refractivity contribution < 1.29 is 14.3 Å². The summed E-state index contributed by atoms with van der Waals surface area (Å²) in [6, 6.07) is 20.9. The van der Waals surface area contributed by atoms with Gasteiger partial charge in [0.1, 0.15) is 11.6 Å². The maximum atomic E-state index is 13.5. The number of ketones is 1. The average molecular weight is 398 g/mol. The van der Waals surface area contributed by atoms with Gasteiger partial charge in [-0.3, -0.25) is 4.79 Å². The van der Waals surface area contributed by atoms with Crippen LogP contribution in [-0.2, 0) is 0 Å². The molecule has 4 rings (SSSR count). The lowest BCUT2D eigenvalue weighted by molar-refractivity contribution is 0.104. The lowest BCUT2D eigenvalue weighted by Crippen LogP contribution is -1.96. The number of aromatic hydroxyl groups is 1. The number of aromatic nitrogens is 2. The lowest BCUT2D eigenvalue weighted by atomic mass is 10.0. The summed E-state index contributed by atoms with van der Waals surface area (Å²) >= 11 is 0. The van der Waals surface area contributed by atoms with Crippen LogP contribution in [0.3, 0.4) is 0 Å². The minimum atomic E-state index is -0.582. The highest BCUT2D eigenvalue weighted by Crippen LogP contribution is 2.26. The molecule has 0 amide bonds. The molecule has 0 spiro atoms. The first kappa shape index (κ1) is 19.3. The van der Waals surface area contributed by atoms with Crippen LogP contribution in [0.5, 0.6) is 5.75 Å². The molecule has 4 nitrogen and oxygen atoms in total. The zero-order chi connectivity index (χ0) is 21.1. The van der Waals surface area contributed by atoms with Gasteiger partial charge in [0, 0.05) is 17.3 Å². The molecule has 5 heteroatoms. The Bertz CT molecular complexity index is 1230. The highest BCUT2D eigenvalue weighted by atomic mass is 19.1. The van der Waals surface area contributed by atoms with Crippen LogP contribution in [0, 0.1) is 12.7 Å². The number of para-hydroxylation sites is 1. The van der Waals surface area contributed by atoms with E-state index in [2.05, 4.69) is 0 Å². The van der Waals surface area contributed by atoms with E-state index < -0.39 is 11.6 Å². The van der Waals surface area contributed by atoms with Gasteiger partial charge in [-0.2, -0.15) is 5.10 Å². The van der Waals surface area contributed by atoms with Crippen LogP contribution in [0.4, 0.5) is 4.39 Å². The number of allylic oxidation sites excluding steroid dienone is 1. The third-order valence-corrected chi connectivity index (χ3v) is 4.73. The van der Waals surface area contributed by atoms with Crippen molar-refractivity contribution in [1.29, 1.82) is 0 Å². The number of benzene rings is 3. The fourth-order valence-corrected chi connectivity index (χ4v) is 3.12. The maximum absolute atomic E-state index is 13.5. The molecule has 0 saturated carbocycles. The average Bonchev–Trinajstić information content (AvgIpc) is 3.19. The topological polar surface area (TPSA) is 55.1 Å². The van der Waals surface area contributed by atoms with Gasteiger partial charge in [0.2, 0.25) is 0 Å². The molecule has 0 aliphatic heterocycles. The first-order valence-corrected chi connectivity index (χ1v) is 9.44. The summed E-state index contributed by atoms with van der Waals surface area (Å²) in [5.74, 6) is -1.33. The standard InChI is InChI=1S/C25H19FN2O2/c1-17-7-9-18(10-8-17)25-19(16-28(27-25)21-5-3-2-4-6-21)11-13-23(29)22-15-20(26)12-14-24(22)30/h2-16,30H,1H3/b13-11+. The van der Waals surface area contributed by atoms with Crippen molar-refractivity contribution in [3.8, 4) is 22.7 Å². The molecule has 1 aromatic heterocycles. The molecular weight excluding hydrogens is 379 g/mol. The van der Waals surface area contributed by atoms with E-state index in [-0.39, 0.29) is 11.3 Å². The van der Waals surface area contributed by atoms with Crippen LogP contribution < -0.4 is 0 Å². The minimum absolute atomic E-state index is 0.0846. The summed E-state index contributed by atoms with van der Waals surface area (Å²) in [6.45, 7) is 2.01. The molecule has 0 saturated heterocycles. The molecule has 0 fully saturated rings. The Morgan fingerprint density at radius 3 is 2.50 bits per heavy atom. The molecule has 0 unspecified atom stereocenters. The van der Waals surface area contributed by atoms with Crippen LogP contribution in [0.15, 0.2) is 85.1 Å². The number of halogens is 1. The Hall–Kier alpha value is -3.99. The molecule has 148 valence electrons. The van der Waals surface area contributed by atoms with E-state index in [0.29, 0.717) is 5.69 Å². The molecule has 4 aromatic rings. The van der Waals surface area contributed by atoms with Crippen molar-refractivity contribution in [3.63, 3.8) is 0 Å². The predicted molar refractivity (Wildman–Crippen MR) is 115 cm³/mol. The third-order valence-electron chi connectivity index (χ3n) is 4.73. The maximum Gasteiger partial charge on any atom is 0.189 e. The number of hydrogen-bond donors (Lipinski definition) is 1. The molecule has 0 aliphatic rings. The van der Waals surface area contributed by atoms with Crippen LogP contribution >= 0.6 is 0 Å². The fourth-order valence-electron chi connectivity index (χ4n) is 3.12. The van der Waals surface area contributed by atoms with E-state index >= 15 is 0 Å². The van der Waals surface area contributed by atoms with Crippen LogP contribution in [0.2, 0.25) is 0 Å². The monoisotopic (exact) mass is 398 g/mol. The largest absolute Gasteiger partial charge is 0.507 e. The number of phenols is 1. The molecule has 3 aromatic carbocycles. The second-order valence-electron chi connectivity index (χ2n) is 6.94. The van der Waals surface area contributed by atoms with Crippen LogP contribution in [-0.4, -0.2) is 20.7 Å². The molecule has 0 aliphatic carbocycles. The number of phenolic OH excluding ortho intramolecular Hbond substituents is 1. The normalized spacial score (nSPS) is 11.1. The molecule has 1 heterocycles. The van der Waals surface area contributed by atoms with Crippen molar-refractivity contribution in [2.75, 3.05) is 0 Å². The zero-order valence-electron chi connectivity index (χ0n) is 16.3. The summed E-state index contributed by atoms with van der Waals surface area (Å²) in [5, 5.41) is 14.6. The van der Waals surface area contributed by atoms with Gasteiger partial charge in [-0.1, -0.05) is 48.0 Å². The summed E-state index contributed by atoms with van der Waals surface area (Å²) in [6.07, 6.45) is 4.78. The number of nitrogens with zero attached hydrogens (tertiary/aromatic N) is 2. The summed E-state index contributed by atoms with van der Waals surface area (Å²) in [5.41, 5.74) is 4.29. The Kier molecular flexibility index (Phi) is 5.26. The molecule has 0 atom stereocenters. The SMILES string of the molecule is Cc1ccc(-c2nn(-c3ccccc3)cc2/C=C/C(=O)c2cc(F)ccc2O)cc1. The van der Waals surface area contributed by atoms with Gasteiger partial charge in [-0.15, -0.1) is 0 Å². The van der Waals surface area contributed by atoms with Gasteiger partial charge in [0.25, 0.3) is 0 Å². The van der Waals surface area contributed by atoms with Crippen molar-refractivity contribution in [1.82, 2.24) is 9.78 Å². The highest BCUT2D eigenvalue weighted by molar-refractivity contribution is 6.08. The highest BCUT2D eigenvalue weighted by Gasteiger charge is 2.13. The Morgan fingerprint density at radius 1 is 1.03 bits per heavy atom. The van der Waals surface area contributed by atoms with Crippen molar-refractivity contribution in [3.05, 3.63) is 108 Å². The van der Waals surface area contributed by atoms with Crippen molar-refractivity contribution in [2.45, 2.75) is 6.92 Å². The molecule has 0 bridgehead atoms. The van der Waals surface area contributed by atoms with E-state index in [1.54, 1.807) is 10.8 Å². The molecular formula is C25H19FN2O2. The second kappa shape index (κ2) is 8.17. The Balaban J connectivity index is 1.75. The number of aryl methyl sites for hydroxylation is 1. The molecule has 1 N–H and O–H groups in total.